The van der Waals surface area contributed by atoms with Gasteiger partial charge in [-0.05, 0) is 18.8 Å². The fourth-order valence-electron chi connectivity index (χ4n) is 0.506. The maximum absolute atomic E-state index is 9.77. The van der Waals surface area contributed by atoms with Gasteiger partial charge in [-0.1, -0.05) is 0 Å². The SMILES string of the molecule is Cl.O=C(O)NOCC1CC1. The van der Waals surface area contributed by atoms with E-state index in [2.05, 4.69) is 4.84 Å². The van der Waals surface area contributed by atoms with E-state index < -0.39 is 6.09 Å². The van der Waals surface area contributed by atoms with Crippen molar-refractivity contribution in [2.24, 2.45) is 5.92 Å². The molecule has 0 radical (unpaired) electrons. The van der Waals surface area contributed by atoms with Crippen molar-refractivity contribution in [3.8, 4) is 0 Å². The van der Waals surface area contributed by atoms with Gasteiger partial charge in [-0.25, -0.2) is 4.79 Å². The van der Waals surface area contributed by atoms with Crippen molar-refractivity contribution >= 4 is 18.5 Å². The third-order valence-electron chi connectivity index (χ3n) is 1.18. The van der Waals surface area contributed by atoms with Crippen LogP contribution in [-0.4, -0.2) is 17.8 Å². The molecule has 0 aromatic heterocycles. The first-order valence-electron chi connectivity index (χ1n) is 2.90. The number of nitrogens with one attached hydrogen (secondary N) is 1. The Labute approximate surface area is 64.9 Å². The molecular weight excluding hydrogens is 158 g/mol. The van der Waals surface area contributed by atoms with Crippen molar-refractivity contribution in [1.29, 1.82) is 0 Å². The molecule has 1 aliphatic carbocycles. The van der Waals surface area contributed by atoms with Crippen LogP contribution in [0.2, 0.25) is 0 Å². The van der Waals surface area contributed by atoms with Crippen LogP contribution in [0.1, 0.15) is 12.8 Å². The van der Waals surface area contributed by atoms with Crippen LogP contribution in [-0.2, 0) is 4.84 Å². The first-order chi connectivity index (χ1) is 4.29. The van der Waals surface area contributed by atoms with E-state index in [0.29, 0.717) is 12.5 Å². The minimum Gasteiger partial charge on any atom is -0.464 e. The number of halogens is 1. The Kier molecular flexibility index (Phi) is 4.14. The first-order valence-corrected chi connectivity index (χ1v) is 2.90. The molecule has 4 nitrogen and oxygen atoms in total. The molecule has 1 amide bonds. The van der Waals surface area contributed by atoms with E-state index in [1.165, 1.54) is 12.8 Å². The van der Waals surface area contributed by atoms with Gasteiger partial charge in [0.2, 0.25) is 0 Å². The minimum atomic E-state index is -1.13. The summed E-state index contributed by atoms with van der Waals surface area (Å²) in [5.41, 5.74) is 1.83. The Morgan fingerprint density at radius 1 is 1.70 bits per heavy atom. The van der Waals surface area contributed by atoms with Crippen LogP contribution in [0.3, 0.4) is 0 Å². The van der Waals surface area contributed by atoms with Crippen molar-refractivity contribution < 1.29 is 14.7 Å². The number of amides is 1. The second-order valence-corrected chi connectivity index (χ2v) is 2.16. The lowest BCUT2D eigenvalue weighted by atomic mass is 10.5. The van der Waals surface area contributed by atoms with Crippen molar-refractivity contribution in [2.45, 2.75) is 12.8 Å². The molecule has 0 unspecified atom stereocenters. The molecule has 0 aromatic carbocycles. The second kappa shape index (κ2) is 4.35. The van der Waals surface area contributed by atoms with E-state index in [9.17, 15) is 4.79 Å². The smallest absolute Gasteiger partial charge is 0.428 e. The normalized spacial score (nSPS) is 15.6. The van der Waals surface area contributed by atoms with Crippen LogP contribution in [0.25, 0.3) is 0 Å². The monoisotopic (exact) mass is 167 g/mol. The lowest BCUT2D eigenvalue weighted by Gasteiger charge is -1.97. The highest BCUT2D eigenvalue weighted by Crippen LogP contribution is 2.28. The highest BCUT2D eigenvalue weighted by Gasteiger charge is 2.21. The molecule has 0 spiro atoms. The van der Waals surface area contributed by atoms with Gasteiger partial charge < -0.3 is 5.11 Å². The lowest BCUT2D eigenvalue weighted by molar-refractivity contribution is 0.0363. The van der Waals surface area contributed by atoms with Crippen LogP contribution in [0, 0.1) is 5.92 Å². The molecule has 0 aliphatic heterocycles. The summed E-state index contributed by atoms with van der Waals surface area (Å²) >= 11 is 0. The molecule has 60 valence electrons. The van der Waals surface area contributed by atoms with Gasteiger partial charge in [0.1, 0.15) is 0 Å². The largest absolute Gasteiger partial charge is 0.464 e. The number of hydrogen-bond donors (Lipinski definition) is 2. The zero-order valence-corrected chi connectivity index (χ0v) is 6.19. The molecule has 1 aliphatic rings. The Balaban J connectivity index is 0.000000810. The Morgan fingerprint density at radius 3 is 2.70 bits per heavy atom. The summed E-state index contributed by atoms with van der Waals surface area (Å²) in [6, 6.07) is 0. The summed E-state index contributed by atoms with van der Waals surface area (Å²) in [7, 11) is 0. The summed E-state index contributed by atoms with van der Waals surface area (Å²) in [5, 5.41) is 8.01. The molecule has 10 heavy (non-hydrogen) atoms. The van der Waals surface area contributed by atoms with Gasteiger partial charge >= 0.3 is 6.09 Å². The Morgan fingerprint density at radius 2 is 2.30 bits per heavy atom. The summed E-state index contributed by atoms with van der Waals surface area (Å²) in [6.07, 6.45) is 1.21. The summed E-state index contributed by atoms with van der Waals surface area (Å²) in [6.45, 7) is 0.520. The third-order valence-corrected chi connectivity index (χ3v) is 1.18. The third kappa shape index (κ3) is 4.40. The summed E-state index contributed by atoms with van der Waals surface area (Å²) in [4.78, 5) is 14.3. The standard InChI is InChI=1S/C5H9NO3.ClH/c7-5(8)6-9-3-4-1-2-4;/h4,6H,1-3H2,(H,7,8);1H. The molecule has 1 fully saturated rings. The molecule has 0 bridgehead atoms. The second-order valence-electron chi connectivity index (χ2n) is 2.16. The fraction of sp³-hybridized carbons (Fsp3) is 0.800. The Bertz CT molecular complexity index is 115. The number of carboxylic acid groups (broad SMARTS) is 1. The molecule has 2 N–H and O–H groups in total. The van der Waals surface area contributed by atoms with Gasteiger partial charge in [0.25, 0.3) is 0 Å². The van der Waals surface area contributed by atoms with E-state index in [4.69, 9.17) is 5.11 Å². The van der Waals surface area contributed by atoms with E-state index in [-0.39, 0.29) is 12.4 Å². The predicted molar refractivity (Wildman–Crippen MR) is 37.1 cm³/mol. The van der Waals surface area contributed by atoms with E-state index in [1.807, 2.05) is 5.48 Å². The Hall–Kier alpha value is -0.480. The molecule has 1 rings (SSSR count). The molecule has 5 heteroatoms. The molecule has 0 aromatic rings. The number of hydrogen-bond acceptors (Lipinski definition) is 2. The summed E-state index contributed by atoms with van der Waals surface area (Å²) < 4.78 is 0. The van der Waals surface area contributed by atoms with Gasteiger partial charge in [-0.3, -0.25) is 4.84 Å². The van der Waals surface area contributed by atoms with Gasteiger partial charge in [0.05, 0.1) is 6.61 Å². The highest BCUT2D eigenvalue weighted by molar-refractivity contribution is 5.85. The van der Waals surface area contributed by atoms with Crippen LogP contribution in [0.15, 0.2) is 0 Å². The van der Waals surface area contributed by atoms with Crippen LogP contribution >= 0.6 is 12.4 Å². The van der Waals surface area contributed by atoms with Gasteiger partial charge in [0.15, 0.2) is 0 Å². The number of rotatable bonds is 3. The van der Waals surface area contributed by atoms with E-state index >= 15 is 0 Å². The van der Waals surface area contributed by atoms with Gasteiger partial charge in [-0.2, -0.15) is 5.48 Å². The van der Waals surface area contributed by atoms with Crippen LogP contribution in [0.5, 0.6) is 0 Å². The minimum absolute atomic E-state index is 0. The average Bonchev–Trinajstić information content (AvgIpc) is 2.48. The quantitative estimate of drug-likeness (QED) is 0.617. The number of hydroxylamine groups is 1. The fourth-order valence-corrected chi connectivity index (χ4v) is 0.506. The van der Waals surface area contributed by atoms with E-state index in [0.717, 1.165) is 0 Å². The van der Waals surface area contributed by atoms with Crippen molar-refractivity contribution in [3.63, 3.8) is 0 Å². The van der Waals surface area contributed by atoms with Gasteiger partial charge in [-0.15, -0.1) is 12.4 Å². The van der Waals surface area contributed by atoms with Crippen LogP contribution in [0.4, 0.5) is 4.79 Å². The average molecular weight is 168 g/mol. The summed E-state index contributed by atoms with van der Waals surface area (Å²) in [5.74, 6) is 0.594. The van der Waals surface area contributed by atoms with E-state index in [1.54, 1.807) is 0 Å². The molecular formula is C5H10ClNO3. The lowest BCUT2D eigenvalue weighted by Crippen LogP contribution is -2.22. The van der Waals surface area contributed by atoms with Gasteiger partial charge in [0, 0.05) is 0 Å². The van der Waals surface area contributed by atoms with Crippen molar-refractivity contribution in [3.05, 3.63) is 0 Å². The first kappa shape index (κ1) is 9.52. The van der Waals surface area contributed by atoms with Crippen molar-refractivity contribution in [1.82, 2.24) is 5.48 Å². The van der Waals surface area contributed by atoms with Crippen LogP contribution < -0.4 is 5.48 Å². The predicted octanol–water partition coefficient (Wildman–Crippen LogP) is 1.02. The highest BCUT2D eigenvalue weighted by atomic mass is 35.5. The zero-order chi connectivity index (χ0) is 6.69. The topological polar surface area (TPSA) is 58.6 Å². The molecule has 0 atom stereocenters. The molecule has 1 saturated carbocycles. The maximum atomic E-state index is 9.77. The molecule has 0 heterocycles. The number of carbonyl (C=O) groups is 1. The zero-order valence-electron chi connectivity index (χ0n) is 5.37. The maximum Gasteiger partial charge on any atom is 0.428 e. The van der Waals surface area contributed by atoms with Crippen molar-refractivity contribution in [2.75, 3.05) is 6.61 Å². The molecule has 0 saturated heterocycles.